The van der Waals surface area contributed by atoms with E-state index >= 15 is 0 Å². The van der Waals surface area contributed by atoms with Crippen LogP contribution in [-0.2, 0) is 0 Å². The van der Waals surface area contributed by atoms with Gasteiger partial charge in [-0.25, -0.2) is 4.98 Å². The first-order valence-corrected chi connectivity index (χ1v) is 7.63. The highest BCUT2D eigenvalue weighted by Crippen LogP contribution is 2.35. The predicted molar refractivity (Wildman–Crippen MR) is 93.9 cm³/mol. The van der Waals surface area contributed by atoms with E-state index in [0.29, 0.717) is 6.04 Å². The van der Waals surface area contributed by atoms with Gasteiger partial charge in [0.05, 0.1) is 17.3 Å². The minimum atomic E-state index is 0.309. The molecule has 2 nitrogen and oxygen atoms in total. The van der Waals surface area contributed by atoms with Crippen molar-refractivity contribution in [3.8, 4) is 0 Å². The smallest absolute Gasteiger partial charge is 0.0709 e. The fourth-order valence-electron chi connectivity index (χ4n) is 3.15. The number of benzene rings is 2. The summed E-state index contributed by atoms with van der Waals surface area (Å²) in [6.07, 6.45) is 2.27. The molecule has 1 atom stereocenters. The summed E-state index contributed by atoms with van der Waals surface area (Å²) in [6, 6.07) is 21.4. The van der Waals surface area contributed by atoms with Crippen LogP contribution in [0.15, 0.2) is 60.7 Å². The highest BCUT2D eigenvalue weighted by atomic mass is 15.1. The molecule has 22 heavy (non-hydrogen) atoms. The number of aromatic nitrogens is 1. The number of likely N-dealkylation sites (N-methyl/N-ethyl adjacent to an activating group) is 1. The van der Waals surface area contributed by atoms with Crippen LogP contribution in [0.25, 0.3) is 22.6 Å². The Balaban J connectivity index is 1.88. The summed E-state index contributed by atoms with van der Waals surface area (Å²) in [4.78, 5) is 7.18. The lowest BCUT2D eigenvalue weighted by Crippen LogP contribution is -2.32. The zero-order valence-corrected chi connectivity index (χ0v) is 12.8. The predicted octanol–water partition coefficient (Wildman–Crippen LogP) is 4.61. The van der Waals surface area contributed by atoms with Crippen molar-refractivity contribution in [1.29, 1.82) is 0 Å². The van der Waals surface area contributed by atoms with Crippen LogP contribution in [0.1, 0.15) is 18.2 Å². The third-order valence-electron chi connectivity index (χ3n) is 4.55. The summed E-state index contributed by atoms with van der Waals surface area (Å²) in [5.41, 5.74) is 5.92. The van der Waals surface area contributed by atoms with Gasteiger partial charge in [-0.05, 0) is 36.8 Å². The summed E-state index contributed by atoms with van der Waals surface area (Å²) < 4.78 is 0. The molecule has 0 bridgehead atoms. The van der Waals surface area contributed by atoms with E-state index in [2.05, 4.69) is 79.5 Å². The average Bonchev–Trinajstić information content (AvgIpc) is 2.58. The quantitative estimate of drug-likeness (QED) is 0.649. The molecule has 1 aliphatic rings. The minimum absolute atomic E-state index is 0.309. The summed E-state index contributed by atoms with van der Waals surface area (Å²) in [5, 5.41) is 1.18. The van der Waals surface area contributed by atoms with Crippen molar-refractivity contribution in [2.75, 3.05) is 11.9 Å². The van der Waals surface area contributed by atoms with Crippen LogP contribution in [0.3, 0.4) is 0 Å². The Morgan fingerprint density at radius 3 is 2.59 bits per heavy atom. The van der Waals surface area contributed by atoms with Crippen LogP contribution in [-0.4, -0.2) is 18.1 Å². The largest absolute Gasteiger partial charge is 0.367 e. The maximum atomic E-state index is 4.86. The average molecular weight is 286 g/mol. The molecule has 0 saturated carbocycles. The molecular formula is C20H18N2. The van der Waals surface area contributed by atoms with Gasteiger partial charge in [0.15, 0.2) is 0 Å². The van der Waals surface area contributed by atoms with Gasteiger partial charge in [0.1, 0.15) is 0 Å². The summed E-state index contributed by atoms with van der Waals surface area (Å²) in [5.74, 6) is 0. The van der Waals surface area contributed by atoms with Crippen molar-refractivity contribution in [2.45, 2.75) is 13.0 Å². The van der Waals surface area contributed by atoms with Crippen LogP contribution in [0, 0.1) is 0 Å². The number of anilines is 1. The first-order valence-electron chi connectivity index (χ1n) is 7.63. The van der Waals surface area contributed by atoms with E-state index in [1.807, 2.05) is 6.07 Å². The second-order valence-corrected chi connectivity index (χ2v) is 5.83. The molecule has 0 N–H and O–H groups in total. The third kappa shape index (κ3) is 2.00. The monoisotopic (exact) mass is 286 g/mol. The maximum absolute atomic E-state index is 4.86. The Morgan fingerprint density at radius 1 is 0.909 bits per heavy atom. The van der Waals surface area contributed by atoms with Crippen molar-refractivity contribution >= 4 is 28.2 Å². The zero-order chi connectivity index (χ0) is 15.1. The second kappa shape index (κ2) is 4.99. The first kappa shape index (κ1) is 13.1. The van der Waals surface area contributed by atoms with E-state index in [1.165, 1.54) is 22.2 Å². The Labute approximate surface area is 130 Å². The Hall–Kier alpha value is -2.61. The maximum Gasteiger partial charge on any atom is 0.0709 e. The van der Waals surface area contributed by atoms with Crippen molar-refractivity contribution in [3.05, 3.63) is 71.9 Å². The van der Waals surface area contributed by atoms with Crippen molar-refractivity contribution < 1.29 is 0 Å². The van der Waals surface area contributed by atoms with Crippen LogP contribution < -0.4 is 4.90 Å². The fraction of sp³-hybridized carbons (Fsp3) is 0.150. The molecule has 108 valence electrons. The number of rotatable bonds is 1. The van der Waals surface area contributed by atoms with E-state index in [4.69, 9.17) is 4.98 Å². The van der Waals surface area contributed by atoms with Crippen molar-refractivity contribution in [3.63, 3.8) is 0 Å². The van der Waals surface area contributed by atoms with Gasteiger partial charge in [-0.15, -0.1) is 0 Å². The van der Waals surface area contributed by atoms with E-state index in [-0.39, 0.29) is 0 Å². The molecule has 0 fully saturated rings. The van der Waals surface area contributed by atoms with Crippen molar-refractivity contribution in [2.24, 2.45) is 0 Å². The minimum Gasteiger partial charge on any atom is -0.367 e. The van der Waals surface area contributed by atoms with Gasteiger partial charge in [0, 0.05) is 23.7 Å². The number of hydrogen-bond acceptors (Lipinski definition) is 2. The molecule has 2 heterocycles. The van der Waals surface area contributed by atoms with E-state index in [1.54, 1.807) is 0 Å². The van der Waals surface area contributed by atoms with E-state index in [0.717, 1.165) is 11.2 Å². The van der Waals surface area contributed by atoms with Gasteiger partial charge in [-0.1, -0.05) is 42.5 Å². The number of pyridine rings is 1. The molecule has 1 aliphatic heterocycles. The summed E-state index contributed by atoms with van der Waals surface area (Å²) in [7, 11) is 2.15. The molecule has 4 rings (SSSR count). The molecular weight excluding hydrogens is 268 g/mol. The molecule has 0 spiro atoms. The van der Waals surface area contributed by atoms with Crippen LogP contribution >= 0.6 is 0 Å². The van der Waals surface area contributed by atoms with Gasteiger partial charge in [-0.3, -0.25) is 0 Å². The molecule has 2 heteroatoms. The molecule has 2 aromatic carbocycles. The summed E-state index contributed by atoms with van der Waals surface area (Å²) in [6.45, 7) is 2.23. The molecule has 1 unspecified atom stereocenters. The van der Waals surface area contributed by atoms with Crippen molar-refractivity contribution in [1.82, 2.24) is 4.98 Å². The van der Waals surface area contributed by atoms with Gasteiger partial charge >= 0.3 is 0 Å². The molecule has 0 amide bonds. The lowest BCUT2D eigenvalue weighted by atomic mass is 9.94. The zero-order valence-electron chi connectivity index (χ0n) is 12.8. The Bertz CT molecular complexity index is 880. The normalized spacial score (nSPS) is 17.3. The fourth-order valence-corrected chi connectivity index (χ4v) is 3.15. The highest BCUT2D eigenvalue weighted by Gasteiger charge is 2.23. The SMILES string of the molecule is CC1C(c2ccc3ccccc3n2)=Cc2ccccc2N1C. The molecule has 0 radical (unpaired) electrons. The third-order valence-corrected chi connectivity index (χ3v) is 4.55. The molecule has 0 saturated heterocycles. The number of fused-ring (bicyclic) bond motifs is 2. The highest BCUT2D eigenvalue weighted by molar-refractivity contribution is 5.93. The number of nitrogens with zero attached hydrogens (tertiary/aromatic N) is 2. The molecule has 1 aromatic heterocycles. The molecule has 3 aromatic rings. The summed E-state index contributed by atoms with van der Waals surface area (Å²) >= 11 is 0. The van der Waals surface area contributed by atoms with Crippen LogP contribution in [0.2, 0.25) is 0 Å². The lowest BCUT2D eigenvalue weighted by molar-refractivity contribution is 0.830. The number of hydrogen-bond donors (Lipinski definition) is 0. The van der Waals surface area contributed by atoms with Crippen LogP contribution in [0.5, 0.6) is 0 Å². The number of para-hydroxylation sites is 2. The topological polar surface area (TPSA) is 16.1 Å². The van der Waals surface area contributed by atoms with Gasteiger partial charge in [-0.2, -0.15) is 0 Å². The Kier molecular flexibility index (Phi) is 2.97. The van der Waals surface area contributed by atoms with Gasteiger partial charge in [0.2, 0.25) is 0 Å². The van der Waals surface area contributed by atoms with E-state index < -0.39 is 0 Å². The van der Waals surface area contributed by atoms with Crippen LogP contribution in [0.4, 0.5) is 5.69 Å². The standard InChI is InChI=1S/C20H18N2/c1-14-17(13-16-8-4-6-10-20(16)22(14)2)19-12-11-15-7-3-5-9-18(15)21-19/h3-14H,1-2H3. The Morgan fingerprint density at radius 2 is 1.68 bits per heavy atom. The first-order chi connectivity index (χ1) is 10.7. The van der Waals surface area contributed by atoms with Gasteiger partial charge in [0.25, 0.3) is 0 Å². The lowest BCUT2D eigenvalue weighted by Gasteiger charge is -2.34. The second-order valence-electron chi connectivity index (χ2n) is 5.83. The van der Waals surface area contributed by atoms with Gasteiger partial charge < -0.3 is 4.90 Å². The molecule has 0 aliphatic carbocycles. The van der Waals surface area contributed by atoms with E-state index in [9.17, 15) is 0 Å².